The van der Waals surface area contributed by atoms with E-state index in [1.54, 1.807) is 0 Å². The van der Waals surface area contributed by atoms with Crippen LogP contribution in [0.15, 0.2) is 24.3 Å². The van der Waals surface area contributed by atoms with Crippen molar-refractivity contribution in [2.75, 3.05) is 18.1 Å². The highest BCUT2D eigenvalue weighted by atomic mass is 16.6. The molecule has 1 N–H and O–H groups in total. The maximum absolute atomic E-state index is 9.86. The highest BCUT2D eigenvalue weighted by Crippen LogP contribution is 2.32. The van der Waals surface area contributed by atoms with Crippen LogP contribution in [0.25, 0.3) is 0 Å². The summed E-state index contributed by atoms with van der Waals surface area (Å²) in [5.74, 6) is 0. The van der Waals surface area contributed by atoms with E-state index in [1.807, 2.05) is 17.0 Å². The van der Waals surface area contributed by atoms with Crippen LogP contribution in [-0.4, -0.2) is 30.6 Å². The van der Waals surface area contributed by atoms with Crippen LogP contribution < -0.4 is 4.90 Å². The molecule has 2 aliphatic rings. The molecule has 3 nitrogen and oxygen atoms in total. The molecular weight excluding hydrogens is 178 g/mol. The molecule has 74 valence electrons. The Hall–Kier alpha value is -1.06. The largest absolute Gasteiger partial charge is 0.373 e. The summed E-state index contributed by atoms with van der Waals surface area (Å²) in [5.41, 5.74) is 2.40. The highest BCUT2D eigenvalue weighted by molar-refractivity contribution is 5.58. The van der Waals surface area contributed by atoms with Gasteiger partial charge >= 0.3 is 0 Å². The van der Waals surface area contributed by atoms with Crippen molar-refractivity contribution >= 4 is 5.69 Å². The van der Waals surface area contributed by atoms with Gasteiger partial charge in [0.15, 0.2) is 0 Å². The van der Waals surface area contributed by atoms with Crippen molar-refractivity contribution in [3.8, 4) is 0 Å². The fourth-order valence-corrected chi connectivity index (χ4v) is 2.04. The van der Waals surface area contributed by atoms with Crippen LogP contribution in [0.2, 0.25) is 0 Å². The van der Waals surface area contributed by atoms with Crippen LogP contribution in [0.3, 0.4) is 0 Å². The van der Waals surface area contributed by atoms with Crippen molar-refractivity contribution in [3.63, 3.8) is 0 Å². The number of aliphatic hydroxyl groups is 1. The SMILES string of the molecule is OC1Cc2ccccc2N1CC1CO1. The molecule has 0 radical (unpaired) electrons. The number of benzene rings is 1. The number of anilines is 1. The average Bonchev–Trinajstić information content (AvgIpc) is 2.93. The minimum atomic E-state index is -0.364. The third kappa shape index (κ3) is 1.29. The Morgan fingerprint density at radius 1 is 1.43 bits per heavy atom. The number of nitrogens with zero attached hydrogens (tertiary/aromatic N) is 1. The van der Waals surface area contributed by atoms with Gasteiger partial charge in [-0.15, -0.1) is 0 Å². The Balaban J connectivity index is 1.88. The fraction of sp³-hybridized carbons (Fsp3) is 0.455. The van der Waals surface area contributed by atoms with Crippen molar-refractivity contribution in [3.05, 3.63) is 29.8 Å². The maximum Gasteiger partial charge on any atom is 0.131 e. The molecule has 1 saturated heterocycles. The van der Waals surface area contributed by atoms with Crippen molar-refractivity contribution in [1.29, 1.82) is 0 Å². The molecule has 1 aromatic carbocycles. The quantitative estimate of drug-likeness (QED) is 0.701. The third-order valence-electron chi connectivity index (χ3n) is 2.87. The zero-order chi connectivity index (χ0) is 9.54. The summed E-state index contributed by atoms with van der Waals surface area (Å²) < 4.78 is 5.18. The first kappa shape index (κ1) is 8.26. The Morgan fingerprint density at radius 2 is 2.21 bits per heavy atom. The Kier molecular flexibility index (Phi) is 1.75. The molecular formula is C11H13NO2. The second kappa shape index (κ2) is 2.97. The molecule has 0 aromatic heterocycles. The lowest BCUT2D eigenvalue weighted by molar-refractivity contribution is 0.176. The van der Waals surface area contributed by atoms with E-state index in [0.29, 0.717) is 6.10 Å². The number of epoxide rings is 1. The smallest absolute Gasteiger partial charge is 0.131 e. The number of hydrogen-bond donors (Lipinski definition) is 1. The first-order chi connectivity index (χ1) is 6.84. The number of fused-ring (bicyclic) bond motifs is 1. The van der Waals surface area contributed by atoms with Gasteiger partial charge in [-0.05, 0) is 11.6 Å². The van der Waals surface area contributed by atoms with E-state index in [1.165, 1.54) is 5.56 Å². The molecule has 3 rings (SSSR count). The summed E-state index contributed by atoms with van der Waals surface area (Å²) in [6, 6.07) is 8.17. The van der Waals surface area contributed by atoms with Gasteiger partial charge in [-0.25, -0.2) is 0 Å². The van der Waals surface area contributed by atoms with Crippen LogP contribution in [0.5, 0.6) is 0 Å². The Bertz CT molecular complexity index is 349. The lowest BCUT2D eigenvalue weighted by Gasteiger charge is -2.22. The van der Waals surface area contributed by atoms with Crippen LogP contribution in [0.4, 0.5) is 5.69 Å². The molecule has 1 aromatic rings. The molecule has 1 fully saturated rings. The van der Waals surface area contributed by atoms with E-state index in [0.717, 1.165) is 25.3 Å². The van der Waals surface area contributed by atoms with Gasteiger partial charge in [0.2, 0.25) is 0 Å². The van der Waals surface area contributed by atoms with Gasteiger partial charge in [-0.2, -0.15) is 0 Å². The first-order valence-corrected chi connectivity index (χ1v) is 4.99. The minimum absolute atomic E-state index is 0.329. The summed E-state index contributed by atoms with van der Waals surface area (Å²) in [5, 5.41) is 9.86. The van der Waals surface area contributed by atoms with E-state index in [2.05, 4.69) is 12.1 Å². The molecule has 3 heteroatoms. The number of rotatable bonds is 2. The second-order valence-corrected chi connectivity index (χ2v) is 3.92. The Morgan fingerprint density at radius 3 is 3.00 bits per heavy atom. The van der Waals surface area contributed by atoms with Crippen LogP contribution >= 0.6 is 0 Å². The van der Waals surface area contributed by atoms with Crippen molar-refractivity contribution in [2.24, 2.45) is 0 Å². The molecule has 2 aliphatic heterocycles. The van der Waals surface area contributed by atoms with Crippen LogP contribution in [0, 0.1) is 0 Å². The molecule has 0 amide bonds. The molecule has 14 heavy (non-hydrogen) atoms. The van der Waals surface area contributed by atoms with Crippen molar-refractivity contribution in [2.45, 2.75) is 18.8 Å². The van der Waals surface area contributed by atoms with Gasteiger partial charge in [-0.1, -0.05) is 18.2 Å². The topological polar surface area (TPSA) is 36.0 Å². The van der Waals surface area contributed by atoms with Gasteiger partial charge in [0.25, 0.3) is 0 Å². The summed E-state index contributed by atoms with van der Waals surface area (Å²) in [4.78, 5) is 2.03. The van der Waals surface area contributed by atoms with Crippen LogP contribution in [0.1, 0.15) is 5.56 Å². The standard InChI is InChI=1S/C11H13NO2/c13-11-5-8-3-1-2-4-10(8)12(11)6-9-7-14-9/h1-4,9,11,13H,5-7H2. The highest BCUT2D eigenvalue weighted by Gasteiger charge is 2.33. The maximum atomic E-state index is 9.86. The van der Waals surface area contributed by atoms with Gasteiger partial charge in [-0.3, -0.25) is 0 Å². The predicted molar refractivity (Wildman–Crippen MR) is 53.2 cm³/mol. The zero-order valence-corrected chi connectivity index (χ0v) is 7.89. The molecule has 2 atom stereocenters. The number of para-hydroxylation sites is 1. The van der Waals surface area contributed by atoms with Gasteiger partial charge in [0.05, 0.1) is 12.7 Å². The lowest BCUT2D eigenvalue weighted by atomic mass is 10.2. The molecule has 0 bridgehead atoms. The molecule has 0 saturated carbocycles. The molecule has 0 spiro atoms. The summed E-state index contributed by atoms with van der Waals surface area (Å²) >= 11 is 0. The average molecular weight is 191 g/mol. The normalized spacial score (nSPS) is 29.1. The predicted octanol–water partition coefficient (Wildman–Crippen LogP) is 0.766. The van der Waals surface area contributed by atoms with Crippen molar-refractivity contribution in [1.82, 2.24) is 0 Å². The molecule has 2 heterocycles. The summed E-state index contributed by atoms with van der Waals surface area (Å²) in [7, 11) is 0. The lowest BCUT2D eigenvalue weighted by Crippen LogP contribution is -2.34. The molecule has 2 unspecified atom stereocenters. The number of ether oxygens (including phenoxy) is 1. The monoisotopic (exact) mass is 191 g/mol. The summed E-state index contributed by atoms with van der Waals surface area (Å²) in [6.45, 7) is 1.66. The zero-order valence-electron chi connectivity index (χ0n) is 7.89. The fourth-order valence-electron chi connectivity index (χ4n) is 2.04. The minimum Gasteiger partial charge on any atom is -0.373 e. The molecule has 0 aliphatic carbocycles. The van der Waals surface area contributed by atoms with E-state index < -0.39 is 0 Å². The van der Waals surface area contributed by atoms with Crippen molar-refractivity contribution < 1.29 is 9.84 Å². The first-order valence-electron chi connectivity index (χ1n) is 4.99. The second-order valence-electron chi connectivity index (χ2n) is 3.92. The van der Waals surface area contributed by atoms with E-state index >= 15 is 0 Å². The van der Waals surface area contributed by atoms with Gasteiger partial charge < -0.3 is 14.7 Å². The van der Waals surface area contributed by atoms with Gasteiger partial charge in [0, 0.05) is 18.7 Å². The Labute approximate surface area is 82.9 Å². The van der Waals surface area contributed by atoms with E-state index in [-0.39, 0.29) is 6.23 Å². The third-order valence-corrected chi connectivity index (χ3v) is 2.87. The number of hydrogen-bond acceptors (Lipinski definition) is 3. The van der Waals surface area contributed by atoms with E-state index in [4.69, 9.17) is 4.74 Å². The van der Waals surface area contributed by atoms with Crippen LogP contribution in [-0.2, 0) is 11.2 Å². The summed E-state index contributed by atoms with van der Waals surface area (Å²) in [6.07, 6.45) is 0.704. The van der Waals surface area contributed by atoms with E-state index in [9.17, 15) is 5.11 Å². The van der Waals surface area contributed by atoms with Gasteiger partial charge in [0.1, 0.15) is 6.23 Å². The number of aliphatic hydroxyl groups excluding tert-OH is 1.